The highest BCUT2D eigenvalue weighted by Gasteiger charge is 2.29. The fourth-order valence-electron chi connectivity index (χ4n) is 4.31. The number of hydrogen-bond acceptors (Lipinski definition) is 5. The number of nitrogens with zero attached hydrogens (tertiary/aromatic N) is 5. The van der Waals surface area contributed by atoms with E-state index in [0.717, 1.165) is 34.4 Å². The fraction of sp³-hybridized carbons (Fsp3) is 0.346. The van der Waals surface area contributed by atoms with E-state index in [2.05, 4.69) is 33.4 Å². The Bertz CT molecular complexity index is 1350. The predicted octanol–water partition coefficient (Wildman–Crippen LogP) is 4.46. The molecule has 1 aromatic carbocycles. The highest BCUT2D eigenvalue weighted by molar-refractivity contribution is 7.89. The predicted molar refractivity (Wildman–Crippen MR) is 134 cm³/mol. The molecule has 4 aromatic rings. The Hall–Kier alpha value is -3.10. The first-order chi connectivity index (χ1) is 16.3. The minimum atomic E-state index is -3.64. The van der Waals surface area contributed by atoms with Crippen molar-refractivity contribution < 1.29 is 8.42 Å². The summed E-state index contributed by atoms with van der Waals surface area (Å²) in [5, 5.41) is 0. The van der Waals surface area contributed by atoms with Gasteiger partial charge in [0.25, 0.3) is 0 Å². The lowest BCUT2D eigenvalue weighted by atomic mass is 9.98. The number of fused-ring (bicyclic) bond motifs is 1. The summed E-state index contributed by atoms with van der Waals surface area (Å²) >= 11 is 0. The zero-order valence-electron chi connectivity index (χ0n) is 20.1. The van der Waals surface area contributed by atoms with Gasteiger partial charge in [-0.15, -0.1) is 0 Å². The van der Waals surface area contributed by atoms with Crippen LogP contribution in [0.4, 0.5) is 0 Å². The number of rotatable bonds is 9. The Balaban J connectivity index is 1.55. The lowest BCUT2D eigenvalue weighted by Gasteiger charge is -2.29. The van der Waals surface area contributed by atoms with E-state index >= 15 is 0 Å². The minimum Gasteiger partial charge on any atom is -0.324 e. The maximum Gasteiger partial charge on any atom is 0.243 e. The molecule has 0 radical (unpaired) electrons. The number of benzene rings is 1. The van der Waals surface area contributed by atoms with Crippen molar-refractivity contribution in [3.63, 3.8) is 0 Å². The van der Waals surface area contributed by atoms with E-state index in [1.165, 1.54) is 4.31 Å². The van der Waals surface area contributed by atoms with Crippen LogP contribution in [0.3, 0.4) is 0 Å². The largest absolute Gasteiger partial charge is 0.324 e. The van der Waals surface area contributed by atoms with Crippen molar-refractivity contribution in [2.75, 3.05) is 7.05 Å². The van der Waals surface area contributed by atoms with E-state index in [1.807, 2.05) is 37.3 Å². The average molecular weight is 478 g/mol. The molecular weight excluding hydrogens is 446 g/mol. The van der Waals surface area contributed by atoms with Crippen LogP contribution in [-0.4, -0.2) is 45.3 Å². The zero-order chi connectivity index (χ0) is 24.3. The Kier molecular flexibility index (Phi) is 7.09. The first kappa shape index (κ1) is 24.0. The SMILES string of the molecule is Cc1nc2cnccc2n1Cc1ccc(S(=O)(=O)N(C)C(Cc2cccnc2)CC(C)C)cc1. The van der Waals surface area contributed by atoms with E-state index < -0.39 is 10.0 Å². The summed E-state index contributed by atoms with van der Waals surface area (Å²) < 4.78 is 30.6. The van der Waals surface area contributed by atoms with Crippen LogP contribution in [0.2, 0.25) is 0 Å². The van der Waals surface area contributed by atoms with Crippen molar-refractivity contribution in [3.05, 3.63) is 84.2 Å². The Morgan fingerprint density at radius 1 is 0.971 bits per heavy atom. The maximum atomic E-state index is 13.5. The molecule has 0 saturated heterocycles. The minimum absolute atomic E-state index is 0.151. The second-order valence-electron chi connectivity index (χ2n) is 9.12. The number of pyridine rings is 2. The van der Waals surface area contributed by atoms with Gasteiger partial charge in [0, 0.05) is 38.2 Å². The van der Waals surface area contributed by atoms with Crippen LogP contribution in [-0.2, 0) is 23.0 Å². The normalized spacial score (nSPS) is 13.1. The van der Waals surface area contributed by atoms with Gasteiger partial charge in [-0.05, 0) is 61.1 Å². The highest BCUT2D eigenvalue weighted by atomic mass is 32.2. The highest BCUT2D eigenvalue weighted by Crippen LogP contribution is 2.24. The molecule has 34 heavy (non-hydrogen) atoms. The molecule has 0 aliphatic carbocycles. The lowest BCUT2D eigenvalue weighted by molar-refractivity contribution is 0.315. The van der Waals surface area contributed by atoms with Crippen molar-refractivity contribution >= 4 is 21.1 Å². The van der Waals surface area contributed by atoms with E-state index in [4.69, 9.17) is 0 Å². The molecule has 0 spiro atoms. The van der Waals surface area contributed by atoms with Crippen LogP contribution in [0.15, 0.2) is 72.1 Å². The summed E-state index contributed by atoms with van der Waals surface area (Å²) in [6, 6.07) is 12.8. The number of aromatic nitrogens is 4. The molecule has 0 N–H and O–H groups in total. The first-order valence-corrected chi connectivity index (χ1v) is 12.9. The van der Waals surface area contributed by atoms with Crippen molar-refractivity contribution in [1.82, 2.24) is 23.8 Å². The maximum absolute atomic E-state index is 13.5. The average Bonchev–Trinajstić information content (AvgIpc) is 3.14. The summed E-state index contributed by atoms with van der Waals surface area (Å²) in [7, 11) is -1.96. The molecule has 1 unspecified atom stereocenters. The van der Waals surface area contributed by atoms with Crippen LogP contribution in [0.1, 0.15) is 37.2 Å². The van der Waals surface area contributed by atoms with Gasteiger partial charge in [0.1, 0.15) is 11.3 Å². The molecule has 0 saturated carbocycles. The van der Waals surface area contributed by atoms with Crippen LogP contribution < -0.4 is 0 Å². The lowest BCUT2D eigenvalue weighted by Crippen LogP contribution is -2.39. The molecule has 0 aliphatic heterocycles. The van der Waals surface area contributed by atoms with E-state index in [1.54, 1.807) is 44.0 Å². The molecule has 3 heterocycles. The second kappa shape index (κ2) is 10.0. The Morgan fingerprint density at radius 3 is 2.38 bits per heavy atom. The molecule has 3 aromatic heterocycles. The molecular formula is C26H31N5O2S. The zero-order valence-corrected chi connectivity index (χ0v) is 20.9. The number of imidazole rings is 1. The molecule has 0 bridgehead atoms. The van der Waals surface area contributed by atoms with E-state index in [-0.39, 0.29) is 6.04 Å². The number of aryl methyl sites for hydroxylation is 1. The molecule has 1 atom stereocenters. The van der Waals surface area contributed by atoms with E-state index in [9.17, 15) is 8.42 Å². The van der Waals surface area contributed by atoms with Gasteiger partial charge in [0.05, 0.1) is 16.6 Å². The topological polar surface area (TPSA) is 81.0 Å². The molecule has 4 rings (SSSR count). The fourth-order valence-corrected chi connectivity index (χ4v) is 5.67. The van der Waals surface area contributed by atoms with Crippen LogP contribution in [0, 0.1) is 12.8 Å². The summed E-state index contributed by atoms with van der Waals surface area (Å²) in [6.45, 7) is 6.80. The third kappa shape index (κ3) is 5.18. The number of hydrogen-bond donors (Lipinski definition) is 0. The second-order valence-corrected chi connectivity index (χ2v) is 11.1. The molecule has 8 heteroatoms. The van der Waals surface area contributed by atoms with Crippen LogP contribution >= 0.6 is 0 Å². The van der Waals surface area contributed by atoms with Gasteiger partial charge in [-0.25, -0.2) is 13.4 Å². The Morgan fingerprint density at radius 2 is 1.71 bits per heavy atom. The van der Waals surface area contributed by atoms with Crippen molar-refractivity contribution in [2.24, 2.45) is 5.92 Å². The van der Waals surface area contributed by atoms with Gasteiger partial charge in [-0.2, -0.15) is 4.31 Å². The van der Waals surface area contributed by atoms with Crippen molar-refractivity contribution in [1.29, 1.82) is 0 Å². The molecule has 178 valence electrons. The quantitative estimate of drug-likeness (QED) is 0.355. The van der Waals surface area contributed by atoms with E-state index in [0.29, 0.717) is 23.8 Å². The van der Waals surface area contributed by atoms with Crippen LogP contribution in [0.5, 0.6) is 0 Å². The summed E-state index contributed by atoms with van der Waals surface area (Å²) in [5.41, 5.74) is 3.90. The summed E-state index contributed by atoms with van der Waals surface area (Å²) in [4.78, 5) is 13.2. The van der Waals surface area contributed by atoms with Crippen molar-refractivity contribution in [3.8, 4) is 0 Å². The van der Waals surface area contributed by atoms with Crippen LogP contribution in [0.25, 0.3) is 11.0 Å². The summed E-state index contributed by atoms with van der Waals surface area (Å²) in [5.74, 6) is 1.26. The first-order valence-electron chi connectivity index (χ1n) is 11.5. The summed E-state index contributed by atoms with van der Waals surface area (Å²) in [6.07, 6.45) is 8.44. The van der Waals surface area contributed by atoms with Crippen molar-refractivity contribution in [2.45, 2.75) is 51.1 Å². The van der Waals surface area contributed by atoms with Gasteiger partial charge in [-0.1, -0.05) is 32.0 Å². The molecule has 0 aliphatic rings. The molecule has 0 amide bonds. The van der Waals surface area contributed by atoms with Gasteiger partial charge in [0.2, 0.25) is 10.0 Å². The molecule has 7 nitrogen and oxygen atoms in total. The van der Waals surface area contributed by atoms with Gasteiger partial charge >= 0.3 is 0 Å². The van der Waals surface area contributed by atoms with Gasteiger partial charge < -0.3 is 4.57 Å². The number of sulfonamides is 1. The third-order valence-electron chi connectivity index (χ3n) is 6.13. The molecule has 0 fully saturated rings. The van der Waals surface area contributed by atoms with Gasteiger partial charge in [0.15, 0.2) is 0 Å². The Labute approximate surface area is 201 Å². The standard InChI is InChI=1S/C26H31N5O2S/c1-19(2)14-23(15-22-6-5-12-27-16-22)30(4)34(32,33)24-9-7-21(8-10-24)18-31-20(3)29-25-17-28-13-11-26(25)31/h5-13,16-17,19,23H,14-15,18H2,1-4H3. The third-order valence-corrected chi connectivity index (χ3v) is 8.06. The monoisotopic (exact) mass is 477 g/mol. The van der Waals surface area contributed by atoms with Gasteiger partial charge in [-0.3, -0.25) is 9.97 Å². The number of likely N-dealkylation sites (N-methyl/N-ethyl adjacent to an activating group) is 1. The smallest absolute Gasteiger partial charge is 0.243 e.